The first-order valence-electron chi connectivity index (χ1n) is 8.42. The smallest absolute Gasteiger partial charge is 0.266 e. The molecule has 0 spiro atoms. The molecule has 3 aromatic rings. The second-order valence-corrected chi connectivity index (χ2v) is 5.99. The van der Waals surface area contributed by atoms with Crippen LogP contribution in [-0.2, 0) is 4.79 Å². The van der Waals surface area contributed by atoms with E-state index < -0.39 is 5.91 Å². The molecular weight excluding hydrogens is 338 g/mol. The highest BCUT2D eigenvalue weighted by Gasteiger charge is 2.11. The highest BCUT2D eigenvalue weighted by atomic mass is 16.5. The Kier molecular flexibility index (Phi) is 5.38. The van der Waals surface area contributed by atoms with Crippen LogP contribution >= 0.6 is 0 Å². The third-order valence-corrected chi connectivity index (χ3v) is 4.10. The van der Waals surface area contributed by atoms with Gasteiger partial charge in [0.1, 0.15) is 17.4 Å². The molecule has 0 saturated heterocycles. The van der Waals surface area contributed by atoms with Crippen molar-refractivity contribution < 1.29 is 9.53 Å². The maximum absolute atomic E-state index is 12.5. The maximum atomic E-state index is 12.5. The number of rotatable bonds is 5. The van der Waals surface area contributed by atoms with E-state index in [4.69, 9.17) is 4.74 Å². The van der Waals surface area contributed by atoms with E-state index >= 15 is 0 Å². The zero-order valence-electron chi connectivity index (χ0n) is 15.1. The van der Waals surface area contributed by atoms with Gasteiger partial charge in [0.25, 0.3) is 5.91 Å². The molecule has 1 N–H and O–H groups in total. The SMILES string of the molecule is COc1ccc(-n2cccc2/C=C(/C#N)C(=O)Nc2ccc(C)cc2)cc1. The average Bonchev–Trinajstić information content (AvgIpc) is 3.16. The molecule has 5 heteroatoms. The molecule has 0 bridgehead atoms. The van der Waals surface area contributed by atoms with Crippen molar-refractivity contribution in [1.82, 2.24) is 4.57 Å². The third kappa shape index (κ3) is 4.25. The van der Waals surface area contributed by atoms with E-state index in [1.165, 1.54) is 0 Å². The second kappa shape index (κ2) is 8.07. The number of benzene rings is 2. The number of amides is 1. The summed E-state index contributed by atoms with van der Waals surface area (Å²) in [5.74, 6) is 0.321. The summed E-state index contributed by atoms with van der Waals surface area (Å²) in [6.07, 6.45) is 3.45. The number of nitrogens with one attached hydrogen (secondary N) is 1. The van der Waals surface area contributed by atoms with E-state index in [1.54, 1.807) is 13.2 Å². The first-order valence-corrected chi connectivity index (χ1v) is 8.42. The molecule has 1 amide bonds. The molecule has 0 aliphatic carbocycles. The molecule has 0 aliphatic rings. The fourth-order valence-corrected chi connectivity index (χ4v) is 2.62. The Balaban J connectivity index is 1.85. The van der Waals surface area contributed by atoms with E-state index in [-0.39, 0.29) is 5.57 Å². The quantitative estimate of drug-likeness (QED) is 0.545. The van der Waals surface area contributed by atoms with Crippen LogP contribution in [0.4, 0.5) is 5.69 Å². The minimum atomic E-state index is -0.441. The molecule has 2 aromatic carbocycles. The predicted molar refractivity (Wildman–Crippen MR) is 106 cm³/mol. The Morgan fingerprint density at radius 1 is 1.11 bits per heavy atom. The Morgan fingerprint density at radius 3 is 2.44 bits per heavy atom. The van der Waals surface area contributed by atoms with Crippen LogP contribution in [-0.4, -0.2) is 17.6 Å². The topological polar surface area (TPSA) is 67.0 Å². The third-order valence-electron chi connectivity index (χ3n) is 4.10. The van der Waals surface area contributed by atoms with Gasteiger partial charge >= 0.3 is 0 Å². The zero-order valence-corrected chi connectivity index (χ0v) is 15.1. The summed E-state index contributed by atoms with van der Waals surface area (Å²) >= 11 is 0. The van der Waals surface area contributed by atoms with Crippen molar-refractivity contribution in [2.24, 2.45) is 0 Å². The minimum Gasteiger partial charge on any atom is -0.497 e. The molecule has 27 heavy (non-hydrogen) atoms. The van der Waals surface area contributed by atoms with Crippen molar-refractivity contribution in [1.29, 1.82) is 5.26 Å². The Bertz CT molecular complexity index is 1010. The van der Waals surface area contributed by atoms with Crippen molar-refractivity contribution in [3.05, 3.63) is 83.7 Å². The van der Waals surface area contributed by atoms with E-state index in [0.717, 1.165) is 22.7 Å². The van der Waals surface area contributed by atoms with Gasteiger partial charge < -0.3 is 14.6 Å². The van der Waals surface area contributed by atoms with E-state index in [9.17, 15) is 10.1 Å². The average molecular weight is 357 g/mol. The Morgan fingerprint density at radius 2 is 1.81 bits per heavy atom. The normalized spacial score (nSPS) is 10.9. The van der Waals surface area contributed by atoms with Gasteiger partial charge in [-0.3, -0.25) is 4.79 Å². The van der Waals surface area contributed by atoms with Gasteiger partial charge in [0.2, 0.25) is 0 Å². The van der Waals surface area contributed by atoms with E-state index in [1.807, 2.05) is 84.4 Å². The largest absolute Gasteiger partial charge is 0.497 e. The summed E-state index contributed by atoms with van der Waals surface area (Å²) in [5.41, 5.74) is 3.42. The molecule has 0 fully saturated rings. The van der Waals surface area contributed by atoms with Crippen LogP contribution in [0.25, 0.3) is 11.8 Å². The van der Waals surface area contributed by atoms with E-state index in [0.29, 0.717) is 5.69 Å². The lowest BCUT2D eigenvalue weighted by molar-refractivity contribution is -0.112. The Hall–Kier alpha value is -3.78. The molecule has 0 saturated carbocycles. The number of nitriles is 1. The van der Waals surface area contributed by atoms with Gasteiger partial charge in [0.15, 0.2) is 0 Å². The van der Waals surface area contributed by atoms with Crippen molar-refractivity contribution in [2.75, 3.05) is 12.4 Å². The molecule has 0 unspecified atom stereocenters. The molecular formula is C22H19N3O2. The summed E-state index contributed by atoms with van der Waals surface area (Å²) < 4.78 is 7.08. The lowest BCUT2D eigenvalue weighted by Crippen LogP contribution is -2.13. The number of anilines is 1. The summed E-state index contributed by atoms with van der Waals surface area (Å²) in [5, 5.41) is 12.2. The molecule has 0 atom stereocenters. The zero-order chi connectivity index (χ0) is 19.2. The van der Waals surface area contributed by atoms with Gasteiger partial charge in [-0.05, 0) is 61.5 Å². The van der Waals surface area contributed by atoms with Gasteiger partial charge in [0.05, 0.1) is 7.11 Å². The van der Waals surface area contributed by atoms with Crippen LogP contribution in [0.1, 0.15) is 11.3 Å². The Labute approximate surface area is 158 Å². The fourth-order valence-electron chi connectivity index (χ4n) is 2.62. The summed E-state index contributed by atoms with van der Waals surface area (Å²) in [4.78, 5) is 12.5. The van der Waals surface area contributed by atoms with Gasteiger partial charge in [0, 0.05) is 23.3 Å². The maximum Gasteiger partial charge on any atom is 0.266 e. The van der Waals surface area contributed by atoms with Gasteiger partial charge in [-0.15, -0.1) is 0 Å². The lowest BCUT2D eigenvalue weighted by Gasteiger charge is -2.09. The molecule has 0 aliphatic heterocycles. The minimum absolute atomic E-state index is 0.0315. The summed E-state index contributed by atoms with van der Waals surface area (Å²) in [7, 11) is 1.62. The predicted octanol–water partition coefficient (Wildman–Crippen LogP) is 4.34. The van der Waals surface area contributed by atoms with Crippen molar-refractivity contribution in [2.45, 2.75) is 6.92 Å². The monoisotopic (exact) mass is 357 g/mol. The number of hydrogen-bond donors (Lipinski definition) is 1. The summed E-state index contributed by atoms with van der Waals surface area (Å²) in [6, 6.07) is 20.7. The summed E-state index contributed by atoms with van der Waals surface area (Å²) in [6.45, 7) is 1.97. The number of aryl methyl sites for hydroxylation is 1. The molecule has 1 aromatic heterocycles. The van der Waals surface area contributed by atoms with Crippen LogP contribution < -0.4 is 10.1 Å². The second-order valence-electron chi connectivity index (χ2n) is 5.99. The lowest BCUT2D eigenvalue weighted by atomic mass is 10.2. The standard InChI is InChI=1S/C22H19N3O2/c1-16-5-7-18(8-6-16)24-22(26)17(15-23)14-20-4-3-13-25(20)19-9-11-21(27-2)12-10-19/h3-14H,1-2H3,(H,24,26)/b17-14-. The van der Waals surface area contributed by atoms with Crippen LogP contribution in [0.5, 0.6) is 5.75 Å². The highest BCUT2D eigenvalue weighted by Crippen LogP contribution is 2.19. The first kappa shape index (κ1) is 18.0. The fraction of sp³-hybridized carbons (Fsp3) is 0.0909. The van der Waals surface area contributed by atoms with Crippen molar-refractivity contribution in [3.8, 4) is 17.5 Å². The van der Waals surface area contributed by atoms with Crippen LogP contribution in [0, 0.1) is 18.3 Å². The van der Waals surface area contributed by atoms with Crippen molar-refractivity contribution in [3.63, 3.8) is 0 Å². The number of hydrogen-bond acceptors (Lipinski definition) is 3. The molecule has 5 nitrogen and oxygen atoms in total. The van der Waals surface area contributed by atoms with Gasteiger partial charge in [-0.25, -0.2) is 0 Å². The molecule has 3 rings (SSSR count). The number of carbonyl (C=O) groups excluding carboxylic acids is 1. The molecule has 1 heterocycles. The van der Waals surface area contributed by atoms with E-state index in [2.05, 4.69) is 5.32 Å². The van der Waals surface area contributed by atoms with Gasteiger partial charge in [-0.2, -0.15) is 5.26 Å². The first-order chi connectivity index (χ1) is 13.1. The van der Waals surface area contributed by atoms with Crippen molar-refractivity contribution >= 4 is 17.7 Å². The van der Waals surface area contributed by atoms with Crippen LogP contribution in [0.15, 0.2) is 72.4 Å². The number of aromatic nitrogens is 1. The van der Waals surface area contributed by atoms with Gasteiger partial charge in [-0.1, -0.05) is 17.7 Å². The number of methoxy groups -OCH3 is 1. The highest BCUT2D eigenvalue weighted by molar-refractivity contribution is 6.09. The van der Waals surface area contributed by atoms with Crippen LogP contribution in [0.2, 0.25) is 0 Å². The van der Waals surface area contributed by atoms with Crippen LogP contribution in [0.3, 0.4) is 0 Å². The number of nitrogens with zero attached hydrogens (tertiary/aromatic N) is 2. The number of carbonyl (C=O) groups is 1. The molecule has 0 radical (unpaired) electrons. The number of ether oxygens (including phenoxy) is 1. The molecule has 134 valence electrons.